The van der Waals surface area contributed by atoms with E-state index in [1.807, 2.05) is 12.1 Å². The Bertz CT molecular complexity index is 357. The number of carbonyl (C=O) groups excluding carboxylic acids is 1. The van der Waals surface area contributed by atoms with Crippen LogP contribution in [-0.4, -0.2) is 35.7 Å². The molecular weight excluding hydrogens is 218 g/mol. The number of hydrogen-bond acceptors (Lipinski definition) is 4. The normalized spacial score (nSPS) is 18.9. The Labute approximate surface area is 101 Å². The summed E-state index contributed by atoms with van der Waals surface area (Å²) in [6.07, 6.45) is 3.74. The lowest BCUT2D eigenvalue weighted by atomic mass is 9.95. The van der Waals surface area contributed by atoms with Crippen molar-refractivity contribution in [3.8, 4) is 0 Å². The second kappa shape index (κ2) is 5.89. The van der Waals surface area contributed by atoms with Crippen LogP contribution in [0.2, 0.25) is 0 Å². The Kier molecular flexibility index (Phi) is 4.23. The molecule has 0 saturated carbocycles. The number of hydrogen-bond donors (Lipinski definition) is 1. The van der Waals surface area contributed by atoms with Gasteiger partial charge in [-0.05, 0) is 24.5 Å². The highest BCUT2D eigenvalue weighted by Gasteiger charge is 2.16. The fraction of sp³-hybridized carbons (Fsp3) is 0.538. The van der Waals surface area contributed by atoms with Gasteiger partial charge in [-0.3, -0.25) is 4.98 Å². The fourth-order valence-corrected chi connectivity index (χ4v) is 2.08. The van der Waals surface area contributed by atoms with E-state index in [1.54, 1.807) is 6.20 Å². The summed E-state index contributed by atoms with van der Waals surface area (Å²) in [5.74, 6) is 0.480. The number of ether oxygens (including phenoxy) is 1. The van der Waals surface area contributed by atoms with Crippen LogP contribution in [0.15, 0.2) is 18.3 Å². The lowest BCUT2D eigenvalue weighted by Gasteiger charge is -2.21. The third-order valence-corrected chi connectivity index (χ3v) is 3.09. The molecule has 0 aliphatic carbocycles. The lowest BCUT2D eigenvalue weighted by molar-refractivity contribution is -0.114. The monoisotopic (exact) mass is 235 g/mol. The number of aldehydes is 1. The zero-order chi connectivity index (χ0) is 12.1. The van der Waals surface area contributed by atoms with Crippen molar-refractivity contribution < 1.29 is 14.6 Å². The van der Waals surface area contributed by atoms with Crippen molar-refractivity contribution in [3.05, 3.63) is 29.6 Å². The summed E-state index contributed by atoms with van der Waals surface area (Å²) in [7, 11) is 0. The second-order valence-electron chi connectivity index (χ2n) is 4.39. The molecule has 0 radical (unpaired) electrons. The number of rotatable bonds is 4. The third-order valence-electron chi connectivity index (χ3n) is 3.09. The molecule has 17 heavy (non-hydrogen) atoms. The highest BCUT2D eigenvalue weighted by molar-refractivity contribution is 5.56. The predicted molar refractivity (Wildman–Crippen MR) is 62.8 cm³/mol. The summed E-state index contributed by atoms with van der Waals surface area (Å²) in [6, 6.07) is 3.92. The van der Waals surface area contributed by atoms with E-state index < -0.39 is 6.10 Å². The van der Waals surface area contributed by atoms with E-state index in [-0.39, 0.29) is 0 Å². The lowest BCUT2D eigenvalue weighted by Crippen LogP contribution is -2.15. The minimum Gasteiger partial charge on any atom is -0.385 e. The highest BCUT2D eigenvalue weighted by atomic mass is 16.5. The van der Waals surface area contributed by atoms with E-state index in [2.05, 4.69) is 4.98 Å². The van der Waals surface area contributed by atoms with Crippen LogP contribution in [0.25, 0.3) is 0 Å². The molecule has 1 aromatic heterocycles. The summed E-state index contributed by atoms with van der Waals surface area (Å²) in [4.78, 5) is 14.7. The fourth-order valence-electron chi connectivity index (χ4n) is 2.08. The van der Waals surface area contributed by atoms with Crippen LogP contribution in [0.5, 0.6) is 0 Å². The smallest absolute Gasteiger partial charge is 0.148 e. The first kappa shape index (κ1) is 12.2. The minimum absolute atomic E-state index is 0.338. The van der Waals surface area contributed by atoms with Gasteiger partial charge in [0.2, 0.25) is 0 Å². The first-order valence-corrected chi connectivity index (χ1v) is 5.95. The Morgan fingerprint density at radius 3 is 2.82 bits per heavy atom. The van der Waals surface area contributed by atoms with Gasteiger partial charge in [0.25, 0.3) is 0 Å². The predicted octanol–water partition coefficient (Wildman–Crippen LogP) is 1.08. The summed E-state index contributed by atoms with van der Waals surface area (Å²) >= 11 is 0. The summed E-state index contributed by atoms with van der Waals surface area (Å²) in [5.41, 5.74) is 1.97. The van der Waals surface area contributed by atoms with Crippen LogP contribution in [0.1, 0.15) is 30.0 Å². The number of aliphatic hydroxyl groups excluding tert-OH is 1. The zero-order valence-electron chi connectivity index (χ0n) is 9.71. The van der Waals surface area contributed by atoms with E-state index in [9.17, 15) is 9.90 Å². The summed E-state index contributed by atoms with van der Waals surface area (Å²) < 4.78 is 5.31. The summed E-state index contributed by atoms with van der Waals surface area (Å²) in [6.45, 7) is 1.61. The van der Waals surface area contributed by atoms with Gasteiger partial charge in [-0.1, -0.05) is 6.07 Å². The molecule has 0 spiro atoms. The van der Waals surface area contributed by atoms with E-state index >= 15 is 0 Å². The van der Waals surface area contributed by atoms with Gasteiger partial charge in [-0.15, -0.1) is 0 Å². The van der Waals surface area contributed by atoms with Gasteiger partial charge < -0.3 is 14.6 Å². The largest absolute Gasteiger partial charge is 0.385 e. The number of aromatic nitrogens is 1. The number of nitrogens with zero attached hydrogens (tertiary/aromatic N) is 1. The van der Waals surface area contributed by atoms with Crippen molar-refractivity contribution in [2.45, 2.75) is 31.3 Å². The second-order valence-corrected chi connectivity index (χ2v) is 4.39. The molecule has 1 aliphatic rings. The van der Waals surface area contributed by atoms with Crippen LogP contribution in [0.4, 0.5) is 0 Å². The van der Waals surface area contributed by atoms with Crippen molar-refractivity contribution in [3.63, 3.8) is 0 Å². The Hall–Kier alpha value is -1.26. The SMILES string of the molecule is O=CC(O)Cc1ccc(C2CCOCC2)nc1. The van der Waals surface area contributed by atoms with E-state index in [0.29, 0.717) is 18.6 Å². The van der Waals surface area contributed by atoms with Crippen LogP contribution in [0.3, 0.4) is 0 Å². The van der Waals surface area contributed by atoms with E-state index in [0.717, 1.165) is 37.3 Å². The van der Waals surface area contributed by atoms with Crippen molar-refractivity contribution >= 4 is 6.29 Å². The van der Waals surface area contributed by atoms with Gasteiger partial charge in [0.1, 0.15) is 12.4 Å². The van der Waals surface area contributed by atoms with Crippen LogP contribution < -0.4 is 0 Å². The number of aliphatic hydroxyl groups is 1. The standard InChI is InChI=1S/C13H17NO3/c15-9-12(16)7-10-1-2-13(14-8-10)11-3-5-17-6-4-11/h1-2,8-9,11-12,16H,3-7H2. The molecule has 0 aromatic carbocycles. The zero-order valence-corrected chi connectivity index (χ0v) is 9.71. The Morgan fingerprint density at radius 2 is 2.24 bits per heavy atom. The first-order valence-electron chi connectivity index (χ1n) is 5.95. The van der Waals surface area contributed by atoms with Crippen molar-refractivity contribution in [2.24, 2.45) is 0 Å². The number of pyridine rings is 1. The molecule has 1 unspecified atom stereocenters. The molecule has 92 valence electrons. The maximum atomic E-state index is 10.3. The van der Waals surface area contributed by atoms with Crippen molar-refractivity contribution in [2.75, 3.05) is 13.2 Å². The van der Waals surface area contributed by atoms with Crippen LogP contribution in [0, 0.1) is 0 Å². The van der Waals surface area contributed by atoms with Crippen molar-refractivity contribution in [1.29, 1.82) is 0 Å². The highest BCUT2D eigenvalue weighted by Crippen LogP contribution is 2.25. The van der Waals surface area contributed by atoms with Gasteiger partial charge >= 0.3 is 0 Å². The van der Waals surface area contributed by atoms with Gasteiger partial charge in [0, 0.05) is 37.4 Å². The molecule has 4 nitrogen and oxygen atoms in total. The van der Waals surface area contributed by atoms with Crippen molar-refractivity contribution in [1.82, 2.24) is 4.98 Å². The number of carbonyl (C=O) groups is 1. The molecule has 1 atom stereocenters. The molecule has 0 bridgehead atoms. The maximum Gasteiger partial charge on any atom is 0.148 e. The molecular formula is C13H17NO3. The quantitative estimate of drug-likeness (QED) is 0.793. The van der Waals surface area contributed by atoms with Crippen LogP contribution >= 0.6 is 0 Å². The molecule has 1 aliphatic heterocycles. The molecule has 1 saturated heterocycles. The molecule has 1 fully saturated rings. The molecule has 0 amide bonds. The van der Waals surface area contributed by atoms with Gasteiger partial charge in [-0.2, -0.15) is 0 Å². The Balaban J connectivity index is 1.99. The molecule has 2 heterocycles. The van der Waals surface area contributed by atoms with Gasteiger partial charge in [0.15, 0.2) is 0 Å². The molecule has 2 rings (SSSR count). The maximum absolute atomic E-state index is 10.3. The van der Waals surface area contributed by atoms with Gasteiger partial charge in [-0.25, -0.2) is 0 Å². The van der Waals surface area contributed by atoms with Gasteiger partial charge in [0.05, 0.1) is 0 Å². The minimum atomic E-state index is -0.925. The molecule has 4 heteroatoms. The molecule has 1 N–H and O–H groups in total. The Morgan fingerprint density at radius 1 is 1.47 bits per heavy atom. The molecule has 1 aromatic rings. The summed E-state index contributed by atoms with van der Waals surface area (Å²) in [5, 5.41) is 9.22. The third kappa shape index (κ3) is 3.35. The average Bonchev–Trinajstić information content (AvgIpc) is 2.40. The van der Waals surface area contributed by atoms with Crippen LogP contribution in [-0.2, 0) is 16.0 Å². The first-order chi connectivity index (χ1) is 8.29. The van der Waals surface area contributed by atoms with E-state index in [1.165, 1.54) is 0 Å². The average molecular weight is 235 g/mol. The topological polar surface area (TPSA) is 59.4 Å². The van der Waals surface area contributed by atoms with E-state index in [4.69, 9.17) is 4.74 Å².